The normalized spacial score (nSPS) is 11.3. The summed E-state index contributed by atoms with van der Waals surface area (Å²) in [5, 5.41) is 3.62. The van der Waals surface area contributed by atoms with Crippen LogP contribution < -0.4 is 10.0 Å². The molecule has 1 aromatic heterocycles. The fourth-order valence-corrected chi connectivity index (χ4v) is 4.70. The van der Waals surface area contributed by atoms with Gasteiger partial charge in [-0.2, -0.15) is 0 Å². The van der Waals surface area contributed by atoms with Gasteiger partial charge < -0.3 is 5.32 Å². The van der Waals surface area contributed by atoms with Crippen LogP contribution in [0.2, 0.25) is 0 Å². The number of thiazole rings is 1. The van der Waals surface area contributed by atoms with Gasteiger partial charge in [0.1, 0.15) is 4.88 Å². The summed E-state index contributed by atoms with van der Waals surface area (Å²) in [6, 6.07) is 18.1. The molecular formula is C20H21N3O3S2. The highest BCUT2D eigenvalue weighted by atomic mass is 32.2. The molecule has 3 rings (SSSR count). The summed E-state index contributed by atoms with van der Waals surface area (Å²) >= 11 is 1.36. The fraction of sp³-hybridized carbons (Fsp3) is 0.200. The standard InChI is InChI=1S/C20H21N3O3S2/c1-15-19(27-18(23-15)14-16-8-4-2-5-9-16)20(24)21-12-13-22-28(25,26)17-10-6-3-7-11-17/h2-11,22H,12-14H2,1H3,(H,21,24). The van der Waals surface area contributed by atoms with E-state index in [1.807, 2.05) is 30.3 Å². The average molecular weight is 416 g/mol. The monoisotopic (exact) mass is 415 g/mol. The smallest absolute Gasteiger partial charge is 0.263 e. The largest absolute Gasteiger partial charge is 0.350 e. The molecule has 0 aliphatic heterocycles. The van der Waals surface area contributed by atoms with Gasteiger partial charge in [0.2, 0.25) is 10.0 Å². The molecule has 6 nitrogen and oxygen atoms in total. The van der Waals surface area contributed by atoms with Crippen LogP contribution in [0.3, 0.4) is 0 Å². The van der Waals surface area contributed by atoms with Gasteiger partial charge in [0.05, 0.1) is 15.6 Å². The molecule has 0 saturated heterocycles. The molecule has 0 radical (unpaired) electrons. The Morgan fingerprint density at radius 1 is 1.00 bits per heavy atom. The van der Waals surface area contributed by atoms with E-state index < -0.39 is 10.0 Å². The topological polar surface area (TPSA) is 88.2 Å². The molecule has 1 heterocycles. The summed E-state index contributed by atoms with van der Waals surface area (Å²) in [5.41, 5.74) is 1.82. The van der Waals surface area contributed by atoms with Crippen molar-refractivity contribution in [2.75, 3.05) is 13.1 Å². The van der Waals surface area contributed by atoms with Crippen molar-refractivity contribution in [1.29, 1.82) is 0 Å². The van der Waals surface area contributed by atoms with Crippen LogP contribution in [0, 0.1) is 6.92 Å². The van der Waals surface area contributed by atoms with E-state index in [-0.39, 0.29) is 23.9 Å². The number of sulfonamides is 1. The first kappa shape index (κ1) is 20.2. The number of aromatic nitrogens is 1. The van der Waals surface area contributed by atoms with Gasteiger partial charge >= 0.3 is 0 Å². The van der Waals surface area contributed by atoms with Gasteiger partial charge in [-0.25, -0.2) is 18.1 Å². The van der Waals surface area contributed by atoms with Gasteiger partial charge in [-0.1, -0.05) is 48.5 Å². The number of carbonyl (C=O) groups is 1. The summed E-state index contributed by atoms with van der Waals surface area (Å²) in [6.07, 6.45) is 0.677. The zero-order chi connectivity index (χ0) is 20.0. The summed E-state index contributed by atoms with van der Waals surface area (Å²) in [4.78, 5) is 17.6. The molecule has 2 N–H and O–H groups in total. The van der Waals surface area contributed by atoms with Gasteiger partial charge in [0.25, 0.3) is 5.91 Å². The van der Waals surface area contributed by atoms with Gasteiger partial charge in [0, 0.05) is 19.5 Å². The molecule has 8 heteroatoms. The van der Waals surface area contributed by atoms with Gasteiger partial charge in [-0.3, -0.25) is 4.79 Å². The van der Waals surface area contributed by atoms with Crippen LogP contribution in [0.5, 0.6) is 0 Å². The summed E-state index contributed by atoms with van der Waals surface area (Å²) < 4.78 is 26.8. The first-order valence-corrected chi connectivity index (χ1v) is 11.1. The van der Waals surface area contributed by atoms with Gasteiger partial charge in [-0.15, -0.1) is 11.3 Å². The predicted molar refractivity (Wildman–Crippen MR) is 110 cm³/mol. The summed E-state index contributed by atoms with van der Waals surface area (Å²) in [6.45, 7) is 2.10. The minimum Gasteiger partial charge on any atom is -0.350 e. The third-order valence-electron chi connectivity index (χ3n) is 4.00. The first-order chi connectivity index (χ1) is 13.5. The van der Waals surface area contributed by atoms with Crippen LogP contribution in [0.1, 0.15) is 25.9 Å². The number of benzene rings is 2. The second kappa shape index (κ2) is 9.09. The molecule has 3 aromatic rings. The Kier molecular flexibility index (Phi) is 6.56. The molecule has 0 bridgehead atoms. The van der Waals surface area contributed by atoms with Crippen LogP contribution in [-0.4, -0.2) is 32.4 Å². The fourth-order valence-electron chi connectivity index (χ4n) is 2.63. The van der Waals surface area contributed by atoms with E-state index in [0.717, 1.165) is 10.6 Å². The van der Waals surface area contributed by atoms with E-state index in [0.29, 0.717) is 17.0 Å². The lowest BCUT2D eigenvalue weighted by atomic mass is 10.2. The highest BCUT2D eigenvalue weighted by Crippen LogP contribution is 2.20. The highest BCUT2D eigenvalue weighted by Gasteiger charge is 2.16. The van der Waals surface area contributed by atoms with E-state index in [1.165, 1.54) is 23.5 Å². The Bertz CT molecular complexity index is 1030. The molecule has 0 fully saturated rings. The van der Waals surface area contributed by atoms with Crippen molar-refractivity contribution in [2.24, 2.45) is 0 Å². The van der Waals surface area contributed by atoms with Gasteiger partial charge in [0.15, 0.2) is 0 Å². The maximum absolute atomic E-state index is 12.4. The Morgan fingerprint density at radius 2 is 1.64 bits per heavy atom. The van der Waals surface area contributed by atoms with Crippen molar-refractivity contribution in [3.8, 4) is 0 Å². The molecule has 2 aromatic carbocycles. The third-order valence-corrected chi connectivity index (χ3v) is 6.63. The number of nitrogens with zero attached hydrogens (tertiary/aromatic N) is 1. The second-order valence-corrected chi connectivity index (χ2v) is 9.00. The van der Waals surface area contributed by atoms with E-state index in [9.17, 15) is 13.2 Å². The van der Waals surface area contributed by atoms with E-state index in [1.54, 1.807) is 25.1 Å². The van der Waals surface area contributed by atoms with Crippen LogP contribution in [0.4, 0.5) is 0 Å². The third kappa shape index (κ3) is 5.25. The quantitative estimate of drug-likeness (QED) is 0.554. The molecule has 0 atom stereocenters. The minimum atomic E-state index is -3.57. The first-order valence-electron chi connectivity index (χ1n) is 8.79. The van der Waals surface area contributed by atoms with E-state index in [2.05, 4.69) is 15.0 Å². The van der Waals surface area contributed by atoms with Crippen LogP contribution in [-0.2, 0) is 16.4 Å². The van der Waals surface area contributed by atoms with Crippen molar-refractivity contribution in [1.82, 2.24) is 15.0 Å². The maximum Gasteiger partial charge on any atom is 0.263 e. The number of aryl methyl sites for hydroxylation is 1. The molecule has 1 amide bonds. The van der Waals surface area contributed by atoms with Crippen molar-refractivity contribution < 1.29 is 13.2 Å². The number of hydrogen-bond donors (Lipinski definition) is 2. The van der Waals surface area contributed by atoms with Crippen LogP contribution in [0.15, 0.2) is 65.6 Å². The maximum atomic E-state index is 12.4. The molecular weight excluding hydrogens is 394 g/mol. The zero-order valence-electron chi connectivity index (χ0n) is 15.4. The number of amides is 1. The van der Waals surface area contributed by atoms with Crippen molar-refractivity contribution in [3.63, 3.8) is 0 Å². The van der Waals surface area contributed by atoms with E-state index >= 15 is 0 Å². The predicted octanol–water partition coefficient (Wildman–Crippen LogP) is 2.75. The second-order valence-electron chi connectivity index (χ2n) is 6.15. The molecule has 0 aliphatic carbocycles. The lowest BCUT2D eigenvalue weighted by molar-refractivity contribution is 0.0957. The Balaban J connectivity index is 1.53. The highest BCUT2D eigenvalue weighted by molar-refractivity contribution is 7.89. The molecule has 0 saturated carbocycles. The molecule has 0 spiro atoms. The minimum absolute atomic E-state index is 0.109. The van der Waals surface area contributed by atoms with Crippen molar-refractivity contribution in [2.45, 2.75) is 18.2 Å². The SMILES string of the molecule is Cc1nc(Cc2ccccc2)sc1C(=O)NCCNS(=O)(=O)c1ccccc1. The van der Waals surface area contributed by atoms with Gasteiger partial charge in [-0.05, 0) is 24.6 Å². The summed E-state index contributed by atoms with van der Waals surface area (Å²) in [5.74, 6) is -0.242. The Hall–Kier alpha value is -2.55. The number of hydrogen-bond acceptors (Lipinski definition) is 5. The zero-order valence-corrected chi connectivity index (χ0v) is 17.0. The van der Waals surface area contributed by atoms with Crippen LogP contribution in [0.25, 0.3) is 0 Å². The molecule has 28 heavy (non-hydrogen) atoms. The lowest BCUT2D eigenvalue weighted by Crippen LogP contribution is -2.34. The van der Waals surface area contributed by atoms with Crippen molar-refractivity contribution in [3.05, 3.63) is 81.8 Å². The molecule has 0 aliphatic rings. The Labute approximate surface area is 168 Å². The van der Waals surface area contributed by atoms with Crippen molar-refractivity contribution >= 4 is 27.3 Å². The van der Waals surface area contributed by atoms with Crippen LogP contribution >= 0.6 is 11.3 Å². The number of nitrogens with one attached hydrogen (secondary N) is 2. The number of carbonyl (C=O) groups excluding carboxylic acids is 1. The molecule has 146 valence electrons. The molecule has 0 unspecified atom stereocenters. The Morgan fingerprint density at radius 3 is 2.32 bits per heavy atom. The van der Waals surface area contributed by atoms with E-state index in [4.69, 9.17) is 0 Å². The number of rotatable bonds is 8. The summed E-state index contributed by atoms with van der Waals surface area (Å²) in [7, 11) is -3.57. The lowest BCUT2D eigenvalue weighted by Gasteiger charge is -2.07. The average Bonchev–Trinajstić information content (AvgIpc) is 3.07.